The van der Waals surface area contributed by atoms with Crippen molar-refractivity contribution >= 4 is 0 Å². The maximum Gasteiger partial charge on any atom is 0.0637 e. The highest BCUT2D eigenvalue weighted by Gasteiger charge is 2.20. The third-order valence-electron chi connectivity index (χ3n) is 2.44. The molecule has 0 bridgehead atoms. The lowest BCUT2D eigenvalue weighted by Gasteiger charge is -2.28. The van der Waals surface area contributed by atoms with Crippen molar-refractivity contribution in [3.63, 3.8) is 0 Å². The molecule has 1 N–H and O–H groups in total. The predicted octanol–water partition coefficient (Wildman–Crippen LogP) is 2.74. The fourth-order valence-electron chi connectivity index (χ4n) is 1.68. The quantitative estimate of drug-likeness (QED) is 0.637. The van der Waals surface area contributed by atoms with Gasteiger partial charge in [0.25, 0.3) is 0 Å². The molecule has 0 aliphatic rings. The molecular formula is C12H25NO. The van der Waals surface area contributed by atoms with E-state index < -0.39 is 0 Å². The van der Waals surface area contributed by atoms with E-state index >= 15 is 0 Å². The van der Waals surface area contributed by atoms with Crippen molar-refractivity contribution in [2.45, 2.75) is 58.2 Å². The van der Waals surface area contributed by atoms with Gasteiger partial charge in [-0.2, -0.15) is 0 Å². The maximum absolute atomic E-state index is 5.39. The summed E-state index contributed by atoms with van der Waals surface area (Å²) in [5.74, 6) is 0. The normalized spacial score (nSPS) is 16.4. The van der Waals surface area contributed by atoms with Gasteiger partial charge in [-0.05, 0) is 40.5 Å². The van der Waals surface area contributed by atoms with Crippen LogP contribution in [0.3, 0.4) is 0 Å². The highest BCUT2D eigenvalue weighted by Crippen LogP contribution is 2.15. The molecule has 0 saturated carbocycles. The molecule has 0 aromatic carbocycles. The number of rotatable bonds is 7. The van der Waals surface area contributed by atoms with Crippen LogP contribution in [0.1, 0.15) is 40.5 Å². The monoisotopic (exact) mass is 199 g/mol. The first kappa shape index (κ1) is 13.7. The third-order valence-corrected chi connectivity index (χ3v) is 2.44. The summed E-state index contributed by atoms with van der Waals surface area (Å²) in [5.41, 5.74) is -0.0414. The summed E-state index contributed by atoms with van der Waals surface area (Å²) in [6.07, 6.45) is 3.98. The predicted molar refractivity (Wildman–Crippen MR) is 62.6 cm³/mol. The van der Waals surface area contributed by atoms with Gasteiger partial charge >= 0.3 is 0 Å². The molecular weight excluding hydrogens is 174 g/mol. The second-order valence-corrected chi connectivity index (χ2v) is 4.66. The Balaban J connectivity index is 3.85. The van der Waals surface area contributed by atoms with Gasteiger partial charge in [-0.25, -0.2) is 0 Å². The van der Waals surface area contributed by atoms with Crippen LogP contribution in [0.25, 0.3) is 0 Å². The van der Waals surface area contributed by atoms with Gasteiger partial charge in [0.15, 0.2) is 0 Å². The Kier molecular flexibility index (Phi) is 6.05. The van der Waals surface area contributed by atoms with E-state index in [2.05, 4.69) is 39.6 Å². The van der Waals surface area contributed by atoms with Crippen LogP contribution in [0.5, 0.6) is 0 Å². The van der Waals surface area contributed by atoms with Crippen LogP contribution in [-0.4, -0.2) is 24.8 Å². The van der Waals surface area contributed by atoms with Crippen LogP contribution in [0, 0.1) is 0 Å². The summed E-state index contributed by atoms with van der Waals surface area (Å²) < 4.78 is 5.39. The second kappa shape index (κ2) is 6.20. The van der Waals surface area contributed by atoms with Crippen LogP contribution >= 0.6 is 0 Å². The molecule has 84 valence electrons. The first-order chi connectivity index (χ1) is 6.41. The van der Waals surface area contributed by atoms with Crippen LogP contribution in [0.4, 0.5) is 0 Å². The van der Waals surface area contributed by atoms with Crippen molar-refractivity contribution in [2.75, 3.05) is 7.11 Å². The van der Waals surface area contributed by atoms with E-state index in [4.69, 9.17) is 4.74 Å². The fourth-order valence-corrected chi connectivity index (χ4v) is 1.68. The SMILES string of the molecule is C=CCC(C)NC(C)CC(C)(C)OC. The van der Waals surface area contributed by atoms with E-state index in [0.717, 1.165) is 12.8 Å². The first-order valence-electron chi connectivity index (χ1n) is 5.33. The Morgan fingerprint density at radius 3 is 2.36 bits per heavy atom. The van der Waals surface area contributed by atoms with Crippen molar-refractivity contribution in [2.24, 2.45) is 0 Å². The molecule has 2 heteroatoms. The summed E-state index contributed by atoms with van der Waals surface area (Å²) in [4.78, 5) is 0. The number of hydrogen-bond donors (Lipinski definition) is 1. The van der Waals surface area contributed by atoms with Gasteiger partial charge in [0.1, 0.15) is 0 Å². The second-order valence-electron chi connectivity index (χ2n) is 4.66. The highest BCUT2D eigenvalue weighted by atomic mass is 16.5. The van der Waals surface area contributed by atoms with Gasteiger partial charge in [-0.3, -0.25) is 0 Å². The van der Waals surface area contributed by atoms with E-state index in [1.54, 1.807) is 7.11 Å². The Hall–Kier alpha value is -0.340. The minimum absolute atomic E-state index is 0.0414. The average Bonchev–Trinajstić information content (AvgIpc) is 2.03. The third kappa shape index (κ3) is 6.17. The van der Waals surface area contributed by atoms with Gasteiger partial charge < -0.3 is 10.1 Å². The summed E-state index contributed by atoms with van der Waals surface area (Å²) in [6.45, 7) is 12.3. The van der Waals surface area contributed by atoms with E-state index in [0.29, 0.717) is 12.1 Å². The van der Waals surface area contributed by atoms with Crippen LogP contribution < -0.4 is 5.32 Å². The zero-order chi connectivity index (χ0) is 11.2. The van der Waals surface area contributed by atoms with Crippen LogP contribution in [-0.2, 0) is 4.74 Å². The standard InChI is InChI=1S/C12H25NO/c1-7-8-10(2)13-11(3)9-12(4,5)14-6/h7,10-11,13H,1,8-9H2,2-6H3. The smallest absolute Gasteiger partial charge is 0.0637 e. The average molecular weight is 199 g/mol. The molecule has 2 unspecified atom stereocenters. The molecule has 2 atom stereocenters. The summed E-state index contributed by atoms with van der Waals surface area (Å²) in [6, 6.07) is 0.968. The molecule has 0 amide bonds. The Labute approximate surface area is 88.7 Å². The van der Waals surface area contributed by atoms with Crippen molar-refractivity contribution < 1.29 is 4.74 Å². The number of nitrogens with one attached hydrogen (secondary N) is 1. The lowest BCUT2D eigenvalue weighted by atomic mass is 9.99. The maximum atomic E-state index is 5.39. The van der Waals surface area contributed by atoms with Gasteiger partial charge in [0.05, 0.1) is 5.60 Å². The van der Waals surface area contributed by atoms with Crippen molar-refractivity contribution in [1.82, 2.24) is 5.32 Å². The minimum Gasteiger partial charge on any atom is -0.379 e. The molecule has 14 heavy (non-hydrogen) atoms. The summed E-state index contributed by atoms with van der Waals surface area (Å²) in [5, 5.41) is 3.52. The van der Waals surface area contributed by atoms with Gasteiger partial charge in [-0.1, -0.05) is 6.08 Å². The summed E-state index contributed by atoms with van der Waals surface area (Å²) >= 11 is 0. The summed E-state index contributed by atoms with van der Waals surface area (Å²) in [7, 11) is 1.76. The highest BCUT2D eigenvalue weighted by molar-refractivity contribution is 4.80. The fraction of sp³-hybridized carbons (Fsp3) is 0.833. The largest absolute Gasteiger partial charge is 0.379 e. The van der Waals surface area contributed by atoms with Crippen LogP contribution in [0.15, 0.2) is 12.7 Å². The van der Waals surface area contributed by atoms with Crippen molar-refractivity contribution in [1.29, 1.82) is 0 Å². The Bertz CT molecular complexity index is 166. The lowest BCUT2D eigenvalue weighted by molar-refractivity contribution is 0.00788. The van der Waals surface area contributed by atoms with E-state index in [1.807, 2.05) is 6.08 Å². The van der Waals surface area contributed by atoms with Crippen molar-refractivity contribution in [3.05, 3.63) is 12.7 Å². The zero-order valence-corrected chi connectivity index (χ0v) is 10.3. The minimum atomic E-state index is -0.0414. The molecule has 0 saturated heterocycles. The van der Waals surface area contributed by atoms with Crippen molar-refractivity contribution in [3.8, 4) is 0 Å². The van der Waals surface area contributed by atoms with E-state index in [9.17, 15) is 0 Å². The first-order valence-corrected chi connectivity index (χ1v) is 5.33. The molecule has 0 aromatic heterocycles. The topological polar surface area (TPSA) is 21.3 Å². The number of ether oxygens (including phenoxy) is 1. The molecule has 0 fully saturated rings. The van der Waals surface area contributed by atoms with Gasteiger partial charge in [0.2, 0.25) is 0 Å². The molecule has 0 aliphatic carbocycles. The molecule has 0 spiro atoms. The molecule has 0 rings (SSSR count). The number of methoxy groups -OCH3 is 1. The van der Waals surface area contributed by atoms with Gasteiger partial charge in [-0.15, -0.1) is 6.58 Å². The van der Waals surface area contributed by atoms with Crippen LogP contribution in [0.2, 0.25) is 0 Å². The Morgan fingerprint density at radius 2 is 1.93 bits per heavy atom. The van der Waals surface area contributed by atoms with E-state index in [-0.39, 0.29) is 5.60 Å². The van der Waals surface area contributed by atoms with Gasteiger partial charge in [0, 0.05) is 19.2 Å². The lowest BCUT2D eigenvalue weighted by Crippen LogP contribution is -2.39. The Morgan fingerprint density at radius 1 is 1.36 bits per heavy atom. The number of hydrogen-bond acceptors (Lipinski definition) is 2. The zero-order valence-electron chi connectivity index (χ0n) is 10.3. The van der Waals surface area contributed by atoms with E-state index in [1.165, 1.54) is 0 Å². The molecule has 0 radical (unpaired) electrons. The molecule has 2 nitrogen and oxygen atoms in total. The molecule has 0 aromatic rings. The molecule has 0 heterocycles. The molecule has 0 aliphatic heterocycles.